The molecule has 0 aliphatic rings. The van der Waals surface area contributed by atoms with Crippen molar-refractivity contribution in [1.82, 2.24) is 29.9 Å². The Balaban J connectivity index is 1.94. The van der Waals surface area contributed by atoms with Crippen molar-refractivity contribution in [2.45, 2.75) is 26.7 Å². The Bertz CT molecular complexity index is 701. The van der Waals surface area contributed by atoms with Crippen molar-refractivity contribution in [2.24, 2.45) is 5.92 Å². The highest BCUT2D eigenvalue weighted by molar-refractivity contribution is 5.66. The second kappa shape index (κ2) is 5.87. The van der Waals surface area contributed by atoms with Crippen molar-refractivity contribution in [3.63, 3.8) is 0 Å². The van der Waals surface area contributed by atoms with Crippen LogP contribution in [0, 0.1) is 5.92 Å². The lowest BCUT2D eigenvalue weighted by atomic mass is 10.1. The Morgan fingerprint density at radius 2 is 2.14 bits per heavy atom. The van der Waals surface area contributed by atoms with Crippen LogP contribution in [0.15, 0.2) is 36.9 Å². The van der Waals surface area contributed by atoms with Crippen LogP contribution in [0.2, 0.25) is 0 Å². The SMILES string of the molecule is CCC(C)Cc1nc(-c2ccccc2-n2cncn2)n[nH]1. The van der Waals surface area contributed by atoms with Gasteiger partial charge in [-0.15, -0.1) is 0 Å². The summed E-state index contributed by atoms with van der Waals surface area (Å²) in [6.07, 6.45) is 5.23. The third kappa shape index (κ3) is 2.84. The number of rotatable bonds is 5. The minimum Gasteiger partial charge on any atom is -0.263 e. The first-order valence-electron chi connectivity index (χ1n) is 7.13. The van der Waals surface area contributed by atoms with E-state index in [0.717, 1.165) is 29.9 Å². The Morgan fingerprint density at radius 1 is 1.29 bits per heavy atom. The fourth-order valence-corrected chi connectivity index (χ4v) is 2.18. The van der Waals surface area contributed by atoms with Gasteiger partial charge in [0.2, 0.25) is 0 Å². The van der Waals surface area contributed by atoms with Crippen molar-refractivity contribution in [2.75, 3.05) is 0 Å². The third-order valence-electron chi connectivity index (χ3n) is 3.58. The van der Waals surface area contributed by atoms with Crippen LogP contribution in [-0.2, 0) is 6.42 Å². The fraction of sp³-hybridized carbons (Fsp3) is 0.333. The van der Waals surface area contributed by atoms with Crippen molar-refractivity contribution in [3.05, 3.63) is 42.7 Å². The molecule has 1 unspecified atom stereocenters. The molecule has 1 atom stereocenters. The Kier molecular flexibility index (Phi) is 3.77. The van der Waals surface area contributed by atoms with Gasteiger partial charge < -0.3 is 0 Å². The van der Waals surface area contributed by atoms with Crippen molar-refractivity contribution >= 4 is 0 Å². The zero-order chi connectivity index (χ0) is 14.7. The summed E-state index contributed by atoms with van der Waals surface area (Å²) in [4.78, 5) is 8.60. The summed E-state index contributed by atoms with van der Waals surface area (Å²) in [5.74, 6) is 2.21. The molecule has 0 amide bonds. The summed E-state index contributed by atoms with van der Waals surface area (Å²) in [5, 5.41) is 11.6. The highest BCUT2D eigenvalue weighted by Gasteiger charge is 2.13. The molecule has 6 nitrogen and oxygen atoms in total. The zero-order valence-electron chi connectivity index (χ0n) is 12.2. The van der Waals surface area contributed by atoms with E-state index in [2.05, 4.69) is 39.1 Å². The molecule has 108 valence electrons. The normalized spacial score (nSPS) is 12.5. The minimum atomic E-state index is 0.594. The van der Waals surface area contributed by atoms with E-state index in [9.17, 15) is 0 Å². The smallest absolute Gasteiger partial charge is 0.183 e. The molecule has 3 rings (SSSR count). The van der Waals surface area contributed by atoms with Gasteiger partial charge in [-0.3, -0.25) is 5.10 Å². The van der Waals surface area contributed by atoms with Crippen molar-refractivity contribution < 1.29 is 0 Å². The molecule has 1 aromatic carbocycles. The molecule has 21 heavy (non-hydrogen) atoms. The highest BCUT2D eigenvalue weighted by atomic mass is 15.3. The van der Waals surface area contributed by atoms with Gasteiger partial charge in [0, 0.05) is 12.0 Å². The summed E-state index contributed by atoms with van der Waals surface area (Å²) in [7, 11) is 0. The number of hydrogen-bond donors (Lipinski definition) is 1. The monoisotopic (exact) mass is 282 g/mol. The molecule has 6 heteroatoms. The van der Waals surface area contributed by atoms with E-state index in [4.69, 9.17) is 0 Å². The third-order valence-corrected chi connectivity index (χ3v) is 3.58. The molecule has 0 saturated carbocycles. The highest BCUT2D eigenvalue weighted by Crippen LogP contribution is 2.23. The molecular weight excluding hydrogens is 264 g/mol. The molecule has 0 radical (unpaired) electrons. The molecule has 0 fully saturated rings. The van der Waals surface area contributed by atoms with Crippen LogP contribution in [0.25, 0.3) is 17.1 Å². The van der Waals surface area contributed by atoms with Gasteiger partial charge in [0.1, 0.15) is 18.5 Å². The molecule has 0 aliphatic carbocycles. The fourth-order valence-electron chi connectivity index (χ4n) is 2.18. The molecule has 2 aromatic heterocycles. The van der Waals surface area contributed by atoms with Gasteiger partial charge in [-0.25, -0.2) is 14.6 Å². The predicted molar refractivity (Wildman–Crippen MR) is 79.9 cm³/mol. The molecule has 0 saturated heterocycles. The molecule has 0 bridgehead atoms. The number of aromatic nitrogens is 6. The van der Waals surface area contributed by atoms with Gasteiger partial charge >= 0.3 is 0 Å². The largest absolute Gasteiger partial charge is 0.263 e. The Morgan fingerprint density at radius 3 is 2.90 bits per heavy atom. The quantitative estimate of drug-likeness (QED) is 0.780. The Labute approximate surface area is 123 Å². The average Bonchev–Trinajstić information content (AvgIpc) is 3.18. The van der Waals surface area contributed by atoms with Crippen LogP contribution in [0.5, 0.6) is 0 Å². The van der Waals surface area contributed by atoms with Gasteiger partial charge in [-0.1, -0.05) is 32.4 Å². The Hall–Kier alpha value is -2.50. The van der Waals surface area contributed by atoms with E-state index in [0.29, 0.717) is 11.7 Å². The molecule has 1 N–H and O–H groups in total. The summed E-state index contributed by atoms with van der Waals surface area (Å²) >= 11 is 0. The lowest BCUT2D eigenvalue weighted by molar-refractivity contribution is 0.544. The number of aromatic amines is 1. The van der Waals surface area contributed by atoms with Crippen LogP contribution in [-0.4, -0.2) is 29.9 Å². The first-order valence-corrected chi connectivity index (χ1v) is 7.13. The number of para-hydroxylation sites is 1. The van der Waals surface area contributed by atoms with Crippen molar-refractivity contribution in [3.8, 4) is 17.1 Å². The number of nitrogens with zero attached hydrogens (tertiary/aromatic N) is 5. The van der Waals surface area contributed by atoms with E-state index in [1.165, 1.54) is 6.33 Å². The second-order valence-electron chi connectivity index (χ2n) is 5.18. The van der Waals surface area contributed by atoms with E-state index >= 15 is 0 Å². The summed E-state index contributed by atoms with van der Waals surface area (Å²) in [5.41, 5.74) is 1.86. The van der Waals surface area contributed by atoms with E-state index in [1.807, 2.05) is 24.3 Å². The molecule has 2 heterocycles. The maximum Gasteiger partial charge on any atom is 0.183 e. The molecular formula is C15H18N6. The van der Waals surface area contributed by atoms with E-state index in [1.54, 1.807) is 11.0 Å². The summed E-state index contributed by atoms with van der Waals surface area (Å²) in [6.45, 7) is 4.40. The van der Waals surface area contributed by atoms with E-state index < -0.39 is 0 Å². The van der Waals surface area contributed by atoms with Gasteiger partial charge in [0.25, 0.3) is 0 Å². The molecule has 0 spiro atoms. The predicted octanol–water partition coefficient (Wildman–Crippen LogP) is 2.64. The summed E-state index contributed by atoms with van der Waals surface area (Å²) < 4.78 is 1.72. The average molecular weight is 282 g/mol. The molecule has 3 aromatic rings. The number of nitrogens with one attached hydrogen (secondary N) is 1. The van der Waals surface area contributed by atoms with Crippen LogP contribution < -0.4 is 0 Å². The van der Waals surface area contributed by atoms with Gasteiger partial charge in [0.05, 0.1) is 5.69 Å². The first-order chi connectivity index (χ1) is 10.3. The van der Waals surface area contributed by atoms with Crippen LogP contribution in [0.3, 0.4) is 0 Å². The van der Waals surface area contributed by atoms with Crippen LogP contribution >= 0.6 is 0 Å². The topological polar surface area (TPSA) is 72.3 Å². The van der Waals surface area contributed by atoms with Crippen LogP contribution in [0.1, 0.15) is 26.1 Å². The zero-order valence-corrected chi connectivity index (χ0v) is 12.2. The van der Waals surface area contributed by atoms with Crippen LogP contribution in [0.4, 0.5) is 0 Å². The lowest BCUT2D eigenvalue weighted by Crippen LogP contribution is -2.00. The maximum absolute atomic E-state index is 4.61. The minimum absolute atomic E-state index is 0.594. The van der Waals surface area contributed by atoms with Gasteiger partial charge in [-0.05, 0) is 18.1 Å². The summed E-state index contributed by atoms with van der Waals surface area (Å²) in [6, 6.07) is 7.91. The maximum atomic E-state index is 4.61. The van der Waals surface area contributed by atoms with E-state index in [-0.39, 0.29) is 0 Å². The number of H-pyrrole nitrogens is 1. The second-order valence-corrected chi connectivity index (χ2v) is 5.18. The number of hydrogen-bond acceptors (Lipinski definition) is 4. The molecule has 0 aliphatic heterocycles. The number of benzene rings is 1. The first kappa shape index (κ1) is 13.5. The van der Waals surface area contributed by atoms with Gasteiger partial charge in [0.15, 0.2) is 5.82 Å². The van der Waals surface area contributed by atoms with Crippen molar-refractivity contribution in [1.29, 1.82) is 0 Å². The lowest BCUT2D eigenvalue weighted by Gasteiger charge is -2.05. The standard InChI is InChI=1S/C15H18N6/c1-3-11(2)8-14-18-15(20-19-14)12-6-4-5-7-13(12)21-10-16-9-17-21/h4-7,9-11H,3,8H2,1-2H3,(H,18,19,20). The van der Waals surface area contributed by atoms with Gasteiger partial charge in [-0.2, -0.15) is 10.2 Å².